The molecule has 0 aliphatic carbocycles. The van der Waals surface area contributed by atoms with Gasteiger partial charge in [0.15, 0.2) is 0 Å². The summed E-state index contributed by atoms with van der Waals surface area (Å²) in [7, 11) is 0. The van der Waals surface area contributed by atoms with Gasteiger partial charge in [0.1, 0.15) is 6.04 Å². The molecule has 2 amide bonds. The summed E-state index contributed by atoms with van der Waals surface area (Å²) < 4.78 is 1.36. The van der Waals surface area contributed by atoms with Crippen molar-refractivity contribution in [3.05, 3.63) is 40.3 Å². The van der Waals surface area contributed by atoms with Crippen LogP contribution in [-0.4, -0.2) is 68.6 Å². The van der Waals surface area contributed by atoms with E-state index in [-0.39, 0.29) is 17.4 Å². The molecule has 1 unspecified atom stereocenters. The molecule has 0 bridgehead atoms. The number of nitrogens with zero attached hydrogens (tertiary/aromatic N) is 4. The summed E-state index contributed by atoms with van der Waals surface area (Å²) in [6.45, 7) is 3.55. The smallest absolute Gasteiger partial charge is 0.338 e. The van der Waals surface area contributed by atoms with Crippen LogP contribution in [0.4, 0.5) is 0 Å². The van der Waals surface area contributed by atoms with Crippen molar-refractivity contribution in [2.75, 3.05) is 26.2 Å². The standard InChI is InChI=1S/C16H18N4O4S/c1-11(20-10-12(9-17-20)16(23)24)14(21)18-4-6-19(7-5-18)15(22)13-3-2-8-25-13/h2-3,8-11H,4-7H2,1H3,(H,23,24). The Labute approximate surface area is 148 Å². The van der Waals surface area contributed by atoms with Crippen molar-refractivity contribution in [2.24, 2.45) is 0 Å². The number of carbonyl (C=O) groups is 3. The fraction of sp³-hybridized carbons (Fsp3) is 0.375. The average Bonchev–Trinajstić information content (AvgIpc) is 3.31. The summed E-state index contributed by atoms with van der Waals surface area (Å²) >= 11 is 1.41. The van der Waals surface area contributed by atoms with E-state index in [1.165, 1.54) is 28.4 Å². The van der Waals surface area contributed by atoms with Crippen molar-refractivity contribution in [3.63, 3.8) is 0 Å². The van der Waals surface area contributed by atoms with Gasteiger partial charge in [0.25, 0.3) is 5.91 Å². The molecule has 0 radical (unpaired) electrons. The van der Waals surface area contributed by atoms with Crippen LogP contribution in [0.3, 0.4) is 0 Å². The Kier molecular flexibility index (Phi) is 4.84. The molecule has 1 atom stereocenters. The van der Waals surface area contributed by atoms with Crippen LogP contribution in [0.25, 0.3) is 0 Å². The van der Waals surface area contributed by atoms with Crippen LogP contribution in [0, 0.1) is 0 Å². The van der Waals surface area contributed by atoms with Gasteiger partial charge in [0.05, 0.1) is 16.6 Å². The number of piperazine rings is 1. The largest absolute Gasteiger partial charge is 0.478 e. The molecule has 1 N–H and O–H groups in total. The summed E-state index contributed by atoms with van der Waals surface area (Å²) in [4.78, 5) is 40.0. The lowest BCUT2D eigenvalue weighted by atomic mass is 10.2. The van der Waals surface area contributed by atoms with Crippen LogP contribution >= 0.6 is 11.3 Å². The Morgan fingerprint density at radius 2 is 1.88 bits per heavy atom. The number of hydrogen-bond acceptors (Lipinski definition) is 5. The summed E-state index contributed by atoms with van der Waals surface area (Å²) in [5, 5.41) is 14.8. The molecule has 0 spiro atoms. The first-order valence-corrected chi connectivity index (χ1v) is 8.74. The lowest BCUT2D eigenvalue weighted by Gasteiger charge is -2.35. The fourth-order valence-corrected chi connectivity index (χ4v) is 3.41. The zero-order valence-electron chi connectivity index (χ0n) is 13.7. The van der Waals surface area contributed by atoms with E-state index >= 15 is 0 Å². The van der Waals surface area contributed by atoms with Gasteiger partial charge in [-0.2, -0.15) is 5.10 Å². The van der Waals surface area contributed by atoms with E-state index in [1.54, 1.807) is 22.8 Å². The predicted molar refractivity (Wildman–Crippen MR) is 90.7 cm³/mol. The minimum atomic E-state index is -1.08. The first kappa shape index (κ1) is 17.2. The topological polar surface area (TPSA) is 95.7 Å². The molecule has 8 nitrogen and oxygen atoms in total. The Morgan fingerprint density at radius 3 is 2.44 bits per heavy atom. The zero-order valence-corrected chi connectivity index (χ0v) is 14.5. The van der Waals surface area contributed by atoms with Crippen molar-refractivity contribution < 1.29 is 19.5 Å². The average molecular weight is 362 g/mol. The normalized spacial score (nSPS) is 15.9. The van der Waals surface area contributed by atoms with Gasteiger partial charge >= 0.3 is 5.97 Å². The van der Waals surface area contributed by atoms with Gasteiger partial charge in [0, 0.05) is 32.4 Å². The van der Waals surface area contributed by atoms with E-state index in [1.807, 2.05) is 11.4 Å². The maximum atomic E-state index is 12.6. The number of aromatic carboxylic acids is 1. The monoisotopic (exact) mass is 362 g/mol. The van der Waals surface area contributed by atoms with E-state index in [4.69, 9.17) is 5.11 Å². The Balaban J connectivity index is 1.59. The van der Waals surface area contributed by atoms with E-state index in [0.717, 1.165) is 0 Å². The van der Waals surface area contributed by atoms with Gasteiger partial charge in [0.2, 0.25) is 5.91 Å². The highest BCUT2D eigenvalue weighted by Crippen LogP contribution is 2.16. The number of thiophene rings is 1. The van der Waals surface area contributed by atoms with Crippen molar-refractivity contribution in [1.29, 1.82) is 0 Å². The van der Waals surface area contributed by atoms with Crippen LogP contribution in [0.2, 0.25) is 0 Å². The Hall–Kier alpha value is -2.68. The van der Waals surface area contributed by atoms with Crippen molar-refractivity contribution in [1.82, 2.24) is 19.6 Å². The maximum Gasteiger partial charge on any atom is 0.338 e. The molecular weight excluding hydrogens is 344 g/mol. The number of rotatable bonds is 4. The molecule has 2 aromatic rings. The summed E-state index contributed by atoms with van der Waals surface area (Å²) in [5.41, 5.74) is 0.0472. The van der Waals surface area contributed by atoms with E-state index < -0.39 is 12.0 Å². The number of aromatic nitrogens is 2. The van der Waals surface area contributed by atoms with E-state index in [2.05, 4.69) is 5.10 Å². The maximum absolute atomic E-state index is 12.6. The van der Waals surface area contributed by atoms with Crippen LogP contribution in [-0.2, 0) is 4.79 Å². The van der Waals surface area contributed by atoms with Crippen molar-refractivity contribution >= 4 is 29.1 Å². The van der Waals surface area contributed by atoms with Gasteiger partial charge in [-0.25, -0.2) is 4.79 Å². The third-order valence-electron chi connectivity index (χ3n) is 4.21. The number of carboxylic acids is 1. The molecule has 3 heterocycles. The summed E-state index contributed by atoms with van der Waals surface area (Å²) in [6, 6.07) is 3.05. The van der Waals surface area contributed by atoms with Crippen molar-refractivity contribution in [2.45, 2.75) is 13.0 Å². The minimum Gasteiger partial charge on any atom is -0.478 e. The van der Waals surface area contributed by atoms with E-state index in [9.17, 15) is 14.4 Å². The van der Waals surface area contributed by atoms with Crippen LogP contribution in [0.5, 0.6) is 0 Å². The second kappa shape index (κ2) is 7.06. The van der Waals surface area contributed by atoms with E-state index in [0.29, 0.717) is 31.1 Å². The molecule has 132 valence electrons. The molecule has 0 saturated carbocycles. The lowest BCUT2D eigenvalue weighted by molar-refractivity contribution is -0.136. The number of carbonyl (C=O) groups excluding carboxylic acids is 2. The molecule has 1 aliphatic heterocycles. The van der Waals surface area contributed by atoms with Gasteiger partial charge in [-0.3, -0.25) is 14.3 Å². The molecule has 3 rings (SSSR count). The first-order chi connectivity index (χ1) is 12.0. The fourth-order valence-electron chi connectivity index (χ4n) is 2.72. The van der Waals surface area contributed by atoms with Crippen LogP contribution < -0.4 is 0 Å². The van der Waals surface area contributed by atoms with Gasteiger partial charge in [-0.15, -0.1) is 11.3 Å². The predicted octanol–water partition coefficient (Wildman–Crippen LogP) is 1.19. The minimum absolute atomic E-state index is 0.00618. The Morgan fingerprint density at radius 1 is 1.20 bits per heavy atom. The third kappa shape index (κ3) is 3.55. The summed E-state index contributed by atoms with van der Waals surface area (Å²) in [5.74, 6) is -1.22. The van der Waals surface area contributed by atoms with Gasteiger partial charge in [-0.05, 0) is 18.4 Å². The number of hydrogen-bond donors (Lipinski definition) is 1. The van der Waals surface area contributed by atoms with Crippen LogP contribution in [0.1, 0.15) is 33.0 Å². The van der Waals surface area contributed by atoms with Crippen LogP contribution in [0.15, 0.2) is 29.9 Å². The molecule has 0 aromatic carbocycles. The Bertz CT molecular complexity index is 778. The highest BCUT2D eigenvalue weighted by atomic mass is 32.1. The molecule has 1 fully saturated rings. The quantitative estimate of drug-likeness (QED) is 0.881. The molecule has 9 heteroatoms. The first-order valence-electron chi connectivity index (χ1n) is 7.86. The molecule has 1 saturated heterocycles. The van der Waals surface area contributed by atoms with Crippen molar-refractivity contribution in [3.8, 4) is 0 Å². The zero-order chi connectivity index (χ0) is 18.0. The second-order valence-corrected chi connectivity index (χ2v) is 6.73. The SMILES string of the molecule is CC(C(=O)N1CCN(C(=O)c2cccs2)CC1)n1cc(C(=O)O)cn1. The molecular formula is C16H18N4O4S. The molecule has 1 aliphatic rings. The molecule has 2 aromatic heterocycles. The highest BCUT2D eigenvalue weighted by molar-refractivity contribution is 7.12. The number of amides is 2. The second-order valence-electron chi connectivity index (χ2n) is 5.78. The lowest BCUT2D eigenvalue weighted by Crippen LogP contribution is -2.51. The molecule has 25 heavy (non-hydrogen) atoms. The van der Waals surface area contributed by atoms with Gasteiger partial charge in [-0.1, -0.05) is 6.07 Å². The van der Waals surface area contributed by atoms with Gasteiger partial charge < -0.3 is 14.9 Å². The highest BCUT2D eigenvalue weighted by Gasteiger charge is 2.28. The number of carboxylic acid groups (broad SMARTS) is 1. The summed E-state index contributed by atoms with van der Waals surface area (Å²) in [6.07, 6.45) is 2.57. The third-order valence-corrected chi connectivity index (χ3v) is 5.07.